The lowest BCUT2D eigenvalue weighted by Crippen LogP contribution is -2.43. The maximum Gasteiger partial charge on any atom is 0.490 e. The van der Waals surface area contributed by atoms with Crippen LogP contribution in [-0.2, 0) is 21.2 Å². The number of carboxylic acids is 1. The quantitative estimate of drug-likeness (QED) is 0.320. The molecule has 0 unspecified atom stereocenters. The number of hydrogen-bond acceptors (Lipinski definition) is 6. The van der Waals surface area contributed by atoms with Crippen LogP contribution < -0.4 is 14.9 Å². The van der Waals surface area contributed by atoms with Gasteiger partial charge in [-0.1, -0.05) is 38.1 Å². The van der Waals surface area contributed by atoms with Crippen LogP contribution in [0.3, 0.4) is 0 Å². The van der Waals surface area contributed by atoms with E-state index in [1.807, 2.05) is 18.2 Å². The van der Waals surface area contributed by atoms with Gasteiger partial charge in [0.1, 0.15) is 0 Å². The molecule has 3 rings (SSSR count). The Morgan fingerprint density at radius 2 is 1.62 bits per heavy atom. The van der Waals surface area contributed by atoms with Crippen molar-refractivity contribution in [3.05, 3.63) is 78.9 Å². The number of piperazine rings is 1. The van der Waals surface area contributed by atoms with Crippen LogP contribution in [0.2, 0.25) is 0 Å². The topological polar surface area (TPSA) is 119 Å². The van der Waals surface area contributed by atoms with Crippen LogP contribution in [0.1, 0.15) is 29.8 Å². The van der Waals surface area contributed by atoms with Crippen LogP contribution in [0.5, 0.6) is 0 Å². The first-order chi connectivity index (χ1) is 19.7. The van der Waals surface area contributed by atoms with Gasteiger partial charge in [-0.3, -0.25) is 9.52 Å². The number of carbonyl (C=O) groups excluding carboxylic acids is 1. The fourth-order valence-corrected chi connectivity index (χ4v) is 5.21. The van der Waals surface area contributed by atoms with E-state index in [1.54, 1.807) is 41.3 Å². The van der Waals surface area contributed by atoms with Gasteiger partial charge < -0.3 is 20.2 Å². The third-order valence-electron chi connectivity index (χ3n) is 6.05. The monoisotopic (exact) mass is 610 g/mol. The van der Waals surface area contributed by atoms with Gasteiger partial charge in [0.05, 0.1) is 16.3 Å². The molecule has 230 valence electrons. The maximum atomic E-state index is 13.3. The summed E-state index contributed by atoms with van der Waals surface area (Å²) >= 11 is 0. The van der Waals surface area contributed by atoms with Crippen LogP contribution in [0.15, 0.2) is 72.7 Å². The number of carboxylic acid groups (broad SMARTS) is 1. The van der Waals surface area contributed by atoms with Crippen molar-refractivity contribution in [2.75, 3.05) is 48.9 Å². The van der Waals surface area contributed by atoms with Crippen molar-refractivity contribution in [2.45, 2.75) is 31.3 Å². The van der Waals surface area contributed by atoms with E-state index < -0.39 is 22.2 Å². The predicted octanol–water partition coefficient (Wildman–Crippen LogP) is 4.54. The highest BCUT2D eigenvalue weighted by Gasteiger charge is 2.38. The van der Waals surface area contributed by atoms with E-state index in [9.17, 15) is 26.4 Å². The van der Waals surface area contributed by atoms with Crippen molar-refractivity contribution in [2.24, 2.45) is 5.92 Å². The van der Waals surface area contributed by atoms with E-state index in [2.05, 4.69) is 41.9 Å². The molecule has 0 spiro atoms. The van der Waals surface area contributed by atoms with Gasteiger partial charge in [0.25, 0.3) is 15.9 Å². The van der Waals surface area contributed by atoms with E-state index in [4.69, 9.17) is 9.90 Å². The first-order valence-electron chi connectivity index (χ1n) is 13.2. The molecule has 0 bridgehead atoms. The van der Waals surface area contributed by atoms with Gasteiger partial charge in [-0.15, -0.1) is 13.2 Å². The molecule has 1 amide bonds. The van der Waals surface area contributed by atoms with Crippen LogP contribution in [0.25, 0.3) is 0 Å². The Kier molecular flexibility index (Phi) is 12.6. The van der Waals surface area contributed by atoms with Crippen molar-refractivity contribution in [1.82, 2.24) is 10.2 Å². The molecule has 0 radical (unpaired) electrons. The first kappa shape index (κ1) is 34.4. The summed E-state index contributed by atoms with van der Waals surface area (Å²) < 4.78 is 61.1. The summed E-state index contributed by atoms with van der Waals surface area (Å²) in [6.45, 7) is 15.5. The second kappa shape index (κ2) is 15.4. The molecule has 1 heterocycles. The highest BCUT2D eigenvalue weighted by atomic mass is 32.2. The van der Waals surface area contributed by atoms with E-state index in [0.717, 1.165) is 43.9 Å². The summed E-state index contributed by atoms with van der Waals surface area (Å²) in [5, 5.41) is 10.4. The van der Waals surface area contributed by atoms with Crippen molar-refractivity contribution < 1.29 is 36.3 Å². The van der Waals surface area contributed by atoms with Crippen molar-refractivity contribution >= 4 is 33.3 Å². The number of hydrogen-bond donors (Lipinski definition) is 3. The Hall–Kier alpha value is -3.84. The molecule has 3 N–H and O–H groups in total. The Bertz CT molecular complexity index is 1330. The lowest BCUT2D eigenvalue weighted by molar-refractivity contribution is -0.192. The largest absolute Gasteiger partial charge is 0.490 e. The molecule has 0 saturated carbocycles. The van der Waals surface area contributed by atoms with Gasteiger partial charge in [0, 0.05) is 44.8 Å². The Morgan fingerprint density at radius 3 is 2.10 bits per heavy atom. The number of rotatable bonds is 11. The van der Waals surface area contributed by atoms with Gasteiger partial charge >= 0.3 is 12.1 Å². The second-order valence-electron chi connectivity index (χ2n) is 9.91. The zero-order valence-corrected chi connectivity index (χ0v) is 24.5. The normalized spacial score (nSPS) is 13.5. The molecule has 1 fully saturated rings. The van der Waals surface area contributed by atoms with Crippen molar-refractivity contribution in [1.29, 1.82) is 0 Å². The van der Waals surface area contributed by atoms with Gasteiger partial charge in [-0.2, -0.15) is 13.2 Å². The Balaban J connectivity index is 0.000000782. The number of nitrogens with one attached hydrogen (secondary N) is 2. The summed E-state index contributed by atoms with van der Waals surface area (Å²) in [6, 6.07) is 12.2. The van der Waals surface area contributed by atoms with Crippen molar-refractivity contribution in [3.8, 4) is 0 Å². The van der Waals surface area contributed by atoms with Crippen LogP contribution in [-0.4, -0.2) is 75.7 Å². The molecular weight excluding hydrogens is 573 g/mol. The van der Waals surface area contributed by atoms with Crippen LogP contribution in [0, 0.1) is 5.92 Å². The number of benzene rings is 2. The molecule has 1 aliphatic heterocycles. The second-order valence-corrected chi connectivity index (χ2v) is 11.6. The molecule has 0 aromatic heterocycles. The molecule has 1 saturated heterocycles. The van der Waals surface area contributed by atoms with E-state index in [0.29, 0.717) is 30.3 Å². The average Bonchev–Trinajstić information content (AvgIpc) is 2.92. The Labute approximate surface area is 244 Å². The summed E-state index contributed by atoms with van der Waals surface area (Å²) in [6.07, 6.45) is -0.886. The van der Waals surface area contributed by atoms with Gasteiger partial charge in [0.2, 0.25) is 0 Å². The molecule has 0 atom stereocenters. The van der Waals surface area contributed by atoms with E-state index >= 15 is 0 Å². The summed E-state index contributed by atoms with van der Waals surface area (Å²) in [7, 11) is -3.85. The minimum atomic E-state index is -5.08. The minimum Gasteiger partial charge on any atom is -0.475 e. The van der Waals surface area contributed by atoms with Gasteiger partial charge in [-0.05, 0) is 48.2 Å². The standard InChI is InChI=1S/C27H36N4O3S.C2HF3O2/c1-5-15-31(16-6-2)27(32)23-9-12-26(30-17-13-28-14-18-30)25(20-23)29-35(33,34)24-10-7-22(8-11-24)19-21(3)4;3-2(4,5)1(6)7/h5-12,20-21,28-29H,1-2,13-19H2,3-4H3;(H,6,7). The smallest absolute Gasteiger partial charge is 0.475 e. The number of carbonyl (C=O) groups is 2. The summed E-state index contributed by atoms with van der Waals surface area (Å²) in [4.78, 5) is 26.0. The fourth-order valence-electron chi connectivity index (χ4n) is 4.15. The zero-order chi connectivity index (χ0) is 31.5. The van der Waals surface area contributed by atoms with Crippen molar-refractivity contribution in [3.63, 3.8) is 0 Å². The molecule has 13 heteroatoms. The summed E-state index contributed by atoms with van der Waals surface area (Å²) in [5.41, 5.74) is 2.64. The fraction of sp³-hybridized carbons (Fsp3) is 0.379. The zero-order valence-electron chi connectivity index (χ0n) is 23.7. The molecule has 2 aromatic carbocycles. The van der Waals surface area contributed by atoms with Gasteiger partial charge in [0.15, 0.2) is 0 Å². The maximum absolute atomic E-state index is 13.3. The van der Waals surface area contributed by atoms with Gasteiger partial charge in [-0.25, -0.2) is 13.2 Å². The molecule has 42 heavy (non-hydrogen) atoms. The minimum absolute atomic E-state index is 0.188. The molecule has 0 aliphatic carbocycles. The number of nitrogens with zero attached hydrogens (tertiary/aromatic N) is 2. The number of aliphatic carboxylic acids is 1. The molecule has 1 aliphatic rings. The molecule has 9 nitrogen and oxygen atoms in total. The highest BCUT2D eigenvalue weighted by molar-refractivity contribution is 7.92. The molecule has 2 aromatic rings. The number of alkyl halides is 3. The number of halogens is 3. The predicted molar refractivity (Wildman–Crippen MR) is 157 cm³/mol. The van der Waals surface area contributed by atoms with Crippen LogP contribution in [0.4, 0.5) is 24.5 Å². The molecular formula is C29H37F3N4O5S. The number of amides is 1. The SMILES string of the molecule is C=CCN(CC=C)C(=O)c1ccc(N2CCNCC2)c(NS(=O)(=O)c2ccc(CC(C)C)cc2)c1.O=C(O)C(F)(F)F. The van der Waals surface area contributed by atoms with E-state index in [1.165, 1.54) is 0 Å². The average molecular weight is 611 g/mol. The number of sulfonamides is 1. The lowest BCUT2D eigenvalue weighted by Gasteiger charge is -2.31. The lowest BCUT2D eigenvalue weighted by atomic mass is 10.0. The number of anilines is 2. The first-order valence-corrected chi connectivity index (χ1v) is 14.7. The Morgan fingerprint density at radius 1 is 1.07 bits per heavy atom. The summed E-state index contributed by atoms with van der Waals surface area (Å²) in [5.74, 6) is -2.48. The third kappa shape index (κ3) is 10.2. The highest BCUT2D eigenvalue weighted by Crippen LogP contribution is 2.30. The van der Waals surface area contributed by atoms with E-state index in [-0.39, 0.29) is 10.8 Å². The third-order valence-corrected chi connectivity index (χ3v) is 7.43. The van der Waals surface area contributed by atoms with Crippen LogP contribution >= 0.6 is 0 Å².